The maximum Gasteiger partial charge on any atom is 0.328 e. The van der Waals surface area contributed by atoms with Gasteiger partial charge < -0.3 is 14.4 Å². The molecule has 0 amide bonds. The van der Waals surface area contributed by atoms with Crippen molar-refractivity contribution in [3.05, 3.63) is 23.8 Å². The number of anilines is 1. The van der Waals surface area contributed by atoms with E-state index in [4.69, 9.17) is 9.47 Å². The third-order valence-corrected chi connectivity index (χ3v) is 3.82. The molecular formula is C18H25NO4. The molecule has 2 atom stereocenters. The van der Waals surface area contributed by atoms with E-state index in [-0.39, 0.29) is 17.9 Å². The first kappa shape index (κ1) is 17.3. The molecule has 0 saturated heterocycles. The Morgan fingerprint density at radius 3 is 2.65 bits per heavy atom. The van der Waals surface area contributed by atoms with Crippen LogP contribution in [0.2, 0.25) is 0 Å². The number of hydrogen-bond acceptors (Lipinski definition) is 5. The number of ether oxygens (including phenoxy) is 2. The van der Waals surface area contributed by atoms with E-state index in [1.165, 1.54) is 6.92 Å². The van der Waals surface area contributed by atoms with Gasteiger partial charge in [0.25, 0.3) is 0 Å². The number of esters is 1. The minimum Gasteiger partial charge on any atom is -0.487 e. The number of nitrogens with zero attached hydrogens (tertiary/aromatic N) is 1. The topological polar surface area (TPSA) is 55.8 Å². The number of rotatable bonds is 5. The highest BCUT2D eigenvalue weighted by Crippen LogP contribution is 2.35. The van der Waals surface area contributed by atoms with E-state index in [1.807, 2.05) is 32.6 Å². The molecule has 0 aromatic heterocycles. The summed E-state index contributed by atoms with van der Waals surface area (Å²) in [5.74, 6) is 0.719. The van der Waals surface area contributed by atoms with E-state index in [2.05, 4.69) is 0 Å². The monoisotopic (exact) mass is 319 g/mol. The highest BCUT2D eigenvalue weighted by atomic mass is 16.5. The molecule has 0 aliphatic carbocycles. The van der Waals surface area contributed by atoms with Crippen LogP contribution < -0.4 is 9.64 Å². The lowest BCUT2D eigenvalue weighted by molar-refractivity contribution is -0.146. The summed E-state index contributed by atoms with van der Waals surface area (Å²) in [7, 11) is 0. The van der Waals surface area contributed by atoms with Gasteiger partial charge in [0.2, 0.25) is 0 Å². The Morgan fingerprint density at radius 1 is 1.35 bits per heavy atom. The van der Waals surface area contributed by atoms with Gasteiger partial charge in [0, 0.05) is 5.56 Å². The predicted octanol–water partition coefficient (Wildman–Crippen LogP) is 3.06. The van der Waals surface area contributed by atoms with Gasteiger partial charge in [-0.3, -0.25) is 4.79 Å². The van der Waals surface area contributed by atoms with Crippen LogP contribution in [0.5, 0.6) is 5.75 Å². The molecule has 0 N–H and O–H groups in total. The molecule has 1 heterocycles. The summed E-state index contributed by atoms with van der Waals surface area (Å²) in [6.07, 6.45) is -0.0361. The molecule has 0 bridgehead atoms. The maximum atomic E-state index is 12.3. The van der Waals surface area contributed by atoms with Crippen molar-refractivity contribution in [2.24, 2.45) is 5.92 Å². The number of ketones is 1. The molecule has 2 unspecified atom stereocenters. The van der Waals surface area contributed by atoms with Crippen LogP contribution in [0.1, 0.15) is 45.0 Å². The van der Waals surface area contributed by atoms with Crippen molar-refractivity contribution in [3.63, 3.8) is 0 Å². The molecular weight excluding hydrogens is 294 g/mol. The van der Waals surface area contributed by atoms with Crippen molar-refractivity contribution in [1.82, 2.24) is 0 Å². The van der Waals surface area contributed by atoms with Crippen LogP contribution >= 0.6 is 0 Å². The van der Waals surface area contributed by atoms with E-state index >= 15 is 0 Å². The molecule has 0 spiro atoms. The van der Waals surface area contributed by atoms with Gasteiger partial charge in [0.1, 0.15) is 17.9 Å². The van der Waals surface area contributed by atoms with Gasteiger partial charge in [-0.15, -0.1) is 0 Å². The van der Waals surface area contributed by atoms with Gasteiger partial charge in [-0.25, -0.2) is 4.79 Å². The highest BCUT2D eigenvalue weighted by Gasteiger charge is 2.31. The number of carbonyl (C=O) groups excluding carboxylic acids is 2. The molecule has 1 aliphatic rings. The van der Waals surface area contributed by atoms with Gasteiger partial charge in [-0.05, 0) is 44.9 Å². The zero-order chi connectivity index (χ0) is 17.1. The second-order valence-corrected chi connectivity index (χ2v) is 6.52. The fourth-order valence-corrected chi connectivity index (χ4v) is 2.55. The predicted molar refractivity (Wildman–Crippen MR) is 89.1 cm³/mol. The van der Waals surface area contributed by atoms with Gasteiger partial charge in [0.15, 0.2) is 5.78 Å². The van der Waals surface area contributed by atoms with Crippen LogP contribution in [0, 0.1) is 5.92 Å². The Balaban J connectivity index is 2.27. The molecule has 1 aromatic rings. The smallest absolute Gasteiger partial charge is 0.328 e. The largest absolute Gasteiger partial charge is 0.487 e. The minimum atomic E-state index is -0.430. The van der Waals surface area contributed by atoms with Crippen LogP contribution in [0.3, 0.4) is 0 Å². The van der Waals surface area contributed by atoms with Crippen molar-refractivity contribution >= 4 is 17.4 Å². The van der Waals surface area contributed by atoms with Crippen LogP contribution in [0.4, 0.5) is 5.69 Å². The Labute approximate surface area is 137 Å². The Hall–Kier alpha value is -2.04. The van der Waals surface area contributed by atoms with E-state index < -0.39 is 6.04 Å². The summed E-state index contributed by atoms with van der Waals surface area (Å²) in [6.45, 7) is 10.3. The van der Waals surface area contributed by atoms with Crippen LogP contribution in [0.25, 0.3) is 0 Å². The summed E-state index contributed by atoms with van der Waals surface area (Å²) in [5.41, 5.74) is 1.37. The molecule has 5 heteroatoms. The van der Waals surface area contributed by atoms with Crippen molar-refractivity contribution in [2.75, 3.05) is 18.1 Å². The normalized spacial score (nSPS) is 18.2. The maximum absolute atomic E-state index is 12.3. The first-order chi connectivity index (χ1) is 10.8. The molecule has 0 saturated carbocycles. The van der Waals surface area contributed by atoms with Gasteiger partial charge in [0.05, 0.1) is 18.8 Å². The molecule has 126 valence electrons. The molecule has 2 rings (SSSR count). The Kier molecular flexibility index (Phi) is 5.29. The number of Topliss-reactive ketones (excluding diaryl/α,β-unsaturated/α-hetero) is 1. The summed E-state index contributed by atoms with van der Waals surface area (Å²) >= 11 is 0. The van der Waals surface area contributed by atoms with Crippen molar-refractivity contribution < 1.29 is 19.1 Å². The van der Waals surface area contributed by atoms with E-state index in [0.29, 0.717) is 30.4 Å². The van der Waals surface area contributed by atoms with Gasteiger partial charge >= 0.3 is 5.97 Å². The summed E-state index contributed by atoms with van der Waals surface area (Å²) in [5, 5.41) is 0. The summed E-state index contributed by atoms with van der Waals surface area (Å²) in [6, 6.07) is 4.90. The fourth-order valence-electron chi connectivity index (χ4n) is 2.55. The zero-order valence-electron chi connectivity index (χ0n) is 14.5. The van der Waals surface area contributed by atoms with Crippen LogP contribution in [-0.2, 0) is 9.53 Å². The van der Waals surface area contributed by atoms with Crippen LogP contribution in [-0.4, -0.2) is 37.0 Å². The molecule has 1 aliphatic heterocycles. The third-order valence-electron chi connectivity index (χ3n) is 3.82. The standard InChI is InChI=1S/C18H25NO4/c1-11(2)10-22-18(21)13(4)19-9-12(3)23-17-7-6-15(14(5)20)8-16(17)19/h6-8,11-13H,9-10H2,1-5H3. The zero-order valence-corrected chi connectivity index (χ0v) is 14.5. The fraction of sp³-hybridized carbons (Fsp3) is 0.556. The molecule has 1 aromatic carbocycles. The van der Waals surface area contributed by atoms with Crippen molar-refractivity contribution in [1.29, 1.82) is 0 Å². The lowest BCUT2D eigenvalue weighted by Crippen LogP contribution is -2.47. The van der Waals surface area contributed by atoms with E-state index in [9.17, 15) is 9.59 Å². The quantitative estimate of drug-likeness (QED) is 0.617. The summed E-state index contributed by atoms with van der Waals surface area (Å²) < 4.78 is 11.2. The average Bonchev–Trinajstić information content (AvgIpc) is 2.50. The molecule has 23 heavy (non-hydrogen) atoms. The van der Waals surface area contributed by atoms with Gasteiger partial charge in [-0.2, -0.15) is 0 Å². The van der Waals surface area contributed by atoms with Crippen molar-refractivity contribution in [2.45, 2.75) is 46.8 Å². The minimum absolute atomic E-state index is 0.0126. The van der Waals surface area contributed by atoms with Crippen LogP contribution in [0.15, 0.2) is 18.2 Å². The first-order valence-electron chi connectivity index (χ1n) is 8.04. The number of fused-ring (bicyclic) bond motifs is 1. The number of carbonyl (C=O) groups is 2. The van der Waals surface area contributed by atoms with Crippen molar-refractivity contribution in [3.8, 4) is 5.75 Å². The Morgan fingerprint density at radius 2 is 2.04 bits per heavy atom. The van der Waals surface area contributed by atoms with E-state index in [1.54, 1.807) is 18.2 Å². The Bertz CT molecular complexity index is 597. The molecule has 0 fully saturated rings. The molecule has 5 nitrogen and oxygen atoms in total. The van der Waals surface area contributed by atoms with E-state index in [0.717, 1.165) is 5.69 Å². The lowest BCUT2D eigenvalue weighted by Gasteiger charge is -2.38. The second-order valence-electron chi connectivity index (χ2n) is 6.52. The average molecular weight is 319 g/mol. The third kappa shape index (κ3) is 4.03. The summed E-state index contributed by atoms with van der Waals surface area (Å²) in [4.78, 5) is 25.9. The second kappa shape index (κ2) is 7.02. The SMILES string of the molecule is CC(=O)c1ccc2c(c1)N(C(C)C(=O)OCC(C)C)CC(C)O2. The molecule has 0 radical (unpaired) electrons. The lowest BCUT2D eigenvalue weighted by atomic mass is 10.1. The van der Waals surface area contributed by atoms with Gasteiger partial charge in [-0.1, -0.05) is 13.8 Å². The number of benzene rings is 1. The first-order valence-corrected chi connectivity index (χ1v) is 8.04. The number of hydrogen-bond donors (Lipinski definition) is 0. The highest BCUT2D eigenvalue weighted by molar-refractivity contribution is 5.96.